The molecule has 44 heavy (non-hydrogen) atoms. The number of carbonyl (C=O) groups is 1. The van der Waals surface area contributed by atoms with Gasteiger partial charge in [-0.1, -0.05) is 173 Å². The number of nitrogens with one attached hydrogen (secondary N) is 1. The number of aliphatic hydroxyl groups excluding tert-OH is 3. The van der Waals surface area contributed by atoms with Crippen molar-refractivity contribution in [1.82, 2.24) is 5.32 Å². The quantitative estimate of drug-likeness (QED) is 0.0425. The van der Waals surface area contributed by atoms with Crippen LogP contribution in [-0.2, 0) is 4.79 Å². The van der Waals surface area contributed by atoms with Crippen LogP contribution in [0, 0.1) is 0 Å². The molecule has 0 fully saturated rings. The Bertz CT molecular complexity index is 650. The van der Waals surface area contributed by atoms with Crippen molar-refractivity contribution in [1.29, 1.82) is 0 Å². The summed E-state index contributed by atoms with van der Waals surface area (Å²) in [5, 5.41) is 33.0. The van der Waals surface area contributed by atoms with Gasteiger partial charge in [-0.05, 0) is 44.9 Å². The van der Waals surface area contributed by atoms with E-state index in [1.54, 1.807) is 6.08 Å². The Labute approximate surface area is 273 Å². The number of hydrogen-bond acceptors (Lipinski definition) is 4. The zero-order valence-electron chi connectivity index (χ0n) is 29.3. The van der Waals surface area contributed by atoms with Gasteiger partial charge in [0.1, 0.15) is 6.10 Å². The van der Waals surface area contributed by atoms with Crippen LogP contribution in [0.15, 0.2) is 24.3 Å². The molecule has 3 atom stereocenters. The normalized spacial score (nSPS) is 14.0. The van der Waals surface area contributed by atoms with E-state index in [2.05, 4.69) is 31.3 Å². The fourth-order valence-corrected chi connectivity index (χ4v) is 5.71. The average Bonchev–Trinajstić information content (AvgIpc) is 3.03. The van der Waals surface area contributed by atoms with Crippen LogP contribution >= 0.6 is 0 Å². The van der Waals surface area contributed by atoms with Gasteiger partial charge in [0.25, 0.3) is 0 Å². The Morgan fingerprint density at radius 1 is 0.545 bits per heavy atom. The van der Waals surface area contributed by atoms with Gasteiger partial charge < -0.3 is 20.6 Å². The third kappa shape index (κ3) is 29.5. The maximum absolute atomic E-state index is 12.4. The molecular formula is C39H75NO4. The molecule has 0 saturated heterocycles. The van der Waals surface area contributed by atoms with Gasteiger partial charge in [-0.3, -0.25) is 4.79 Å². The number of aliphatic hydroxyl groups is 3. The monoisotopic (exact) mass is 622 g/mol. The second kappa shape index (κ2) is 34.7. The SMILES string of the molecule is CCCCCCCCCCC/C=C\CCCCCCC(O)C(=O)NC(CO)C(O)/C=C/CCCCCCCCCCCCC. The highest BCUT2D eigenvalue weighted by Gasteiger charge is 2.22. The summed E-state index contributed by atoms with van der Waals surface area (Å²) < 4.78 is 0. The molecule has 0 aromatic carbocycles. The number of amides is 1. The summed E-state index contributed by atoms with van der Waals surface area (Å²) >= 11 is 0. The van der Waals surface area contributed by atoms with Crippen molar-refractivity contribution in [3.05, 3.63) is 24.3 Å². The molecular weight excluding hydrogens is 546 g/mol. The fourth-order valence-electron chi connectivity index (χ4n) is 5.71. The number of rotatable bonds is 34. The highest BCUT2D eigenvalue weighted by molar-refractivity contribution is 5.80. The van der Waals surface area contributed by atoms with Crippen molar-refractivity contribution in [2.45, 2.75) is 212 Å². The summed E-state index contributed by atoms with van der Waals surface area (Å²) in [6, 6.07) is -0.798. The zero-order chi connectivity index (χ0) is 32.4. The van der Waals surface area contributed by atoms with Crippen LogP contribution in [-0.4, -0.2) is 46.1 Å². The van der Waals surface area contributed by atoms with E-state index in [-0.39, 0.29) is 6.61 Å². The van der Waals surface area contributed by atoms with E-state index in [0.29, 0.717) is 6.42 Å². The van der Waals surface area contributed by atoms with E-state index in [1.165, 1.54) is 128 Å². The number of carbonyl (C=O) groups excluding carboxylic acids is 1. The first-order chi connectivity index (χ1) is 21.6. The van der Waals surface area contributed by atoms with Crippen molar-refractivity contribution < 1.29 is 20.1 Å². The lowest BCUT2D eigenvalue weighted by atomic mass is 10.0. The Kier molecular flexibility index (Phi) is 33.8. The van der Waals surface area contributed by atoms with Crippen molar-refractivity contribution in [2.24, 2.45) is 0 Å². The van der Waals surface area contributed by atoms with Crippen LogP contribution in [0.5, 0.6) is 0 Å². The standard InChI is InChI=1S/C39H75NO4/c1-3-5-7-9-11-13-15-17-18-19-20-22-24-26-28-30-32-34-38(43)39(44)40-36(35-41)37(42)33-31-29-27-25-23-21-16-14-12-10-8-6-4-2/h20,22,31,33,36-38,41-43H,3-19,21,23-30,32,34-35H2,1-2H3,(H,40,44)/b22-20-,33-31+. The van der Waals surface area contributed by atoms with Gasteiger partial charge in [0, 0.05) is 0 Å². The second-order valence-electron chi connectivity index (χ2n) is 13.1. The third-order valence-electron chi connectivity index (χ3n) is 8.79. The molecule has 0 aliphatic rings. The van der Waals surface area contributed by atoms with Gasteiger partial charge in [-0.25, -0.2) is 0 Å². The topological polar surface area (TPSA) is 89.8 Å². The van der Waals surface area contributed by atoms with E-state index in [9.17, 15) is 20.1 Å². The van der Waals surface area contributed by atoms with E-state index in [4.69, 9.17) is 0 Å². The zero-order valence-corrected chi connectivity index (χ0v) is 29.3. The Morgan fingerprint density at radius 2 is 0.909 bits per heavy atom. The van der Waals surface area contributed by atoms with Gasteiger partial charge in [0.2, 0.25) is 5.91 Å². The molecule has 0 saturated carbocycles. The smallest absolute Gasteiger partial charge is 0.249 e. The highest BCUT2D eigenvalue weighted by atomic mass is 16.3. The molecule has 0 aliphatic heterocycles. The van der Waals surface area contributed by atoms with Crippen LogP contribution in [0.3, 0.4) is 0 Å². The fraction of sp³-hybridized carbons (Fsp3) is 0.872. The Hall–Kier alpha value is -1.17. The maximum Gasteiger partial charge on any atom is 0.249 e. The van der Waals surface area contributed by atoms with Crippen LogP contribution in [0.25, 0.3) is 0 Å². The van der Waals surface area contributed by atoms with Crippen LogP contribution in [0.1, 0.15) is 194 Å². The summed E-state index contributed by atoms with van der Waals surface area (Å²) in [5.74, 6) is -0.513. The van der Waals surface area contributed by atoms with Gasteiger partial charge >= 0.3 is 0 Å². The van der Waals surface area contributed by atoms with Crippen LogP contribution < -0.4 is 5.32 Å². The van der Waals surface area contributed by atoms with E-state index < -0.39 is 24.2 Å². The van der Waals surface area contributed by atoms with Crippen LogP contribution in [0.4, 0.5) is 0 Å². The van der Waals surface area contributed by atoms with Gasteiger partial charge in [0.05, 0.1) is 18.8 Å². The number of allylic oxidation sites excluding steroid dienone is 3. The first-order valence-electron chi connectivity index (χ1n) is 19.2. The number of hydrogen-bond donors (Lipinski definition) is 4. The molecule has 0 spiro atoms. The molecule has 0 radical (unpaired) electrons. The Morgan fingerprint density at radius 3 is 1.32 bits per heavy atom. The third-order valence-corrected chi connectivity index (χ3v) is 8.79. The van der Waals surface area contributed by atoms with E-state index >= 15 is 0 Å². The summed E-state index contributed by atoms with van der Waals surface area (Å²) in [5.41, 5.74) is 0. The van der Waals surface area contributed by atoms with E-state index in [0.717, 1.165) is 44.9 Å². The van der Waals surface area contributed by atoms with Crippen molar-refractivity contribution in [2.75, 3.05) is 6.61 Å². The maximum atomic E-state index is 12.4. The highest BCUT2D eigenvalue weighted by Crippen LogP contribution is 2.14. The lowest BCUT2D eigenvalue weighted by Crippen LogP contribution is -2.48. The molecule has 3 unspecified atom stereocenters. The molecule has 260 valence electrons. The van der Waals surface area contributed by atoms with Crippen molar-refractivity contribution in [3.63, 3.8) is 0 Å². The minimum Gasteiger partial charge on any atom is -0.394 e. The first-order valence-corrected chi connectivity index (χ1v) is 19.2. The minimum absolute atomic E-state index is 0.366. The Balaban J connectivity index is 3.75. The molecule has 0 rings (SSSR count). The molecule has 0 aliphatic carbocycles. The summed E-state index contributed by atoms with van der Waals surface area (Å²) in [6.07, 6.45) is 40.5. The lowest BCUT2D eigenvalue weighted by molar-refractivity contribution is -0.131. The number of unbranched alkanes of at least 4 members (excludes halogenated alkanes) is 24. The summed E-state index contributed by atoms with van der Waals surface area (Å²) in [4.78, 5) is 12.4. The minimum atomic E-state index is -1.10. The van der Waals surface area contributed by atoms with E-state index in [1.807, 2.05) is 6.08 Å². The van der Waals surface area contributed by atoms with Crippen molar-refractivity contribution >= 4 is 5.91 Å². The summed E-state index contributed by atoms with van der Waals surface area (Å²) in [6.45, 7) is 4.16. The molecule has 0 aromatic heterocycles. The molecule has 4 N–H and O–H groups in total. The molecule has 5 nitrogen and oxygen atoms in total. The van der Waals surface area contributed by atoms with Crippen LogP contribution in [0.2, 0.25) is 0 Å². The first kappa shape index (κ1) is 42.8. The van der Waals surface area contributed by atoms with Crippen molar-refractivity contribution in [3.8, 4) is 0 Å². The largest absolute Gasteiger partial charge is 0.394 e. The molecule has 1 amide bonds. The van der Waals surface area contributed by atoms with Gasteiger partial charge in [-0.15, -0.1) is 0 Å². The second-order valence-corrected chi connectivity index (χ2v) is 13.1. The molecule has 5 heteroatoms. The van der Waals surface area contributed by atoms with Gasteiger partial charge in [0.15, 0.2) is 0 Å². The predicted molar refractivity (Wildman–Crippen MR) is 190 cm³/mol. The van der Waals surface area contributed by atoms with Gasteiger partial charge in [-0.2, -0.15) is 0 Å². The molecule has 0 bridgehead atoms. The molecule has 0 aromatic rings. The summed E-state index contributed by atoms with van der Waals surface area (Å²) in [7, 11) is 0. The molecule has 0 heterocycles. The predicted octanol–water partition coefficient (Wildman–Crippen LogP) is 10.3. The average molecular weight is 622 g/mol. The lowest BCUT2D eigenvalue weighted by Gasteiger charge is -2.21.